The van der Waals surface area contributed by atoms with Gasteiger partial charge < -0.3 is 19.9 Å². The number of fused-ring (bicyclic) bond motifs is 1. The van der Waals surface area contributed by atoms with Crippen molar-refractivity contribution in [2.75, 3.05) is 6.79 Å². The highest BCUT2D eigenvalue weighted by molar-refractivity contribution is 5.95. The SMILES string of the molecule is O=C(N[C@H]1CCCC[C@@H]1O)c1ccc2c(c1)OCO2. The van der Waals surface area contributed by atoms with E-state index in [-0.39, 0.29) is 18.7 Å². The van der Waals surface area contributed by atoms with Gasteiger partial charge in [-0.25, -0.2) is 0 Å². The maximum atomic E-state index is 12.1. The molecule has 3 rings (SSSR count). The molecule has 102 valence electrons. The van der Waals surface area contributed by atoms with Gasteiger partial charge in [0.1, 0.15) is 0 Å². The number of amides is 1. The third kappa shape index (κ3) is 2.51. The molecular formula is C14H17NO4. The molecule has 5 nitrogen and oxygen atoms in total. The minimum absolute atomic E-state index is 0.147. The molecule has 2 N–H and O–H groups in total. The monoisotopic (exact) mass is 263 g/mol. The summed E-state index contributed by atoms with van der Waals surface area (Å²) in [6, 6.07) is 4.96. The fraction of sp³-hybridized carbons (Fsp3) is 0.500. The Balaban J connectivity index is 1.70. The Morgan fingerprint density at radius 3 is 2.84 bits per heavy atom. The molecule has 1 saturated carbocycles. The summed E-state index contributed by atoms with van der Waals surface area (Å²) in [6.45, 7) is 0.196. The predicted molar refractivity (Wildman–Crippen MR) is 68.3 cm³/mol. The van der Waals surface area contributed by atoms with Crippen LogP contribution in [0.4, 0.5) is 0 Å². The standard InChI is InChI=1S/C14H17NO4/c16-11-4-2-1-3-10(11)15-14(17)9-5-6-12-13(7-9)19-8-18-12/h5-7,10-11,16H,1-4,8H2,(H,15,17)/t10-,11-/m0/s1. The summed E-state index contributed by atoms with van der Waals surface area (Å²) in [7, 11) is 0. The smallest absolute Gasteiger partial charge is 0.251 e. The van der Waals surface area contributed by atoms with E-state index in [4.69, 9.17) is 9.47 Å². The lowest BCUT2D eigenvalue weighted by molar-refractivity contribution is 0.0717. The van der Waals surface area contributed by atoms with Crippen LogP contribution in [-0.2, 0) is 0 Å². The number of benzene rings is 1. The summed E-state index contributed by atoms with van der Waals surface area (Å²) in [5.74, 6) is 1.08. The van der Waals surface area contributed by atoms with Crippen molar-refractivity contribution in [3.8, 4) is 11.5 Å². The molecule has 0 bridgehead atoms. The Morgan fingerprint density at radius 2 is 2.00 bits per heavy atom. The summed E-state index contributed by atoms with van der Waals surface area (Å²) in [6.07, 6.45) is 3.22. The summed E-state index contributed by atoms with van der Waals surface area (Å²) >= 11 is 0. The van der Waals surface area contributed by atoms with E-state index in [2.05, 4.69) is 5.32 Å². The molecule has 1 aromatic carbocycles. The van der Waals surface area contributed by atoms with Crippen LogP contribution >= 0.6 is 0 Å². The quantitative estimate of drug-likeness (QED) is 0.847. The highest BCUT2D eigenvalue weighted by atomic mass is 16.7. The fourth-order valence-corrected chi connectivity index (χ4v) is 2.57. The van der Waals surface area contributed by atoms with Gasteiger partial charge in [0.05, 0.1) is 12.1 Å². The number of carbonyl (C=O) groups is 1. The molecule has 1 amide bonds. The van der Waals surface area contributed by atoms with Gasteiger partial charge in [-0.1, -0.05) is 12.8 Å². The van der Waals surface area contributed by atoms with E-state index >= 15 is 0 Å². The van der Waals surface area contributed by atoms with Crippen molar-refractivity contribution in [1.82, 2.24) is 5.32 Å². The Morgan fingerprint density at radius 1 is 1.21 bits per heavy atom. The molecule has 5 heteroatoms. The van der Waals surface area contributed by atoms with Gasteiger partial charge in [-0.05, 0) is 31.0 Å². The summed E-state index contributed by atoms with van der Waals surface area (Å²) in [5.41, 5.74) is 0.530. The minimum atomic E-state index is -0.438. The van der Waals surface area contributed by atoms with Crippen LogP contribution in [0.25, 0.3) is 0 Å². The molecular weight excluding hydrogens is 246 g/mol. The van der Waals surface area contributed by atoms with Gasteiger partial charge in [0, 0.05) is 5.56 Å². The maximum Gasteiger partial charge on any atom is 0.251 e. The van der Waals surface area contributed by atoms with Crippen LogP contribution in [0, 0.1) is 0 Å². The molecule has 1 aliphatic heterocycles. The predicted octanol–water partition coefficient (Wildman–Crippen LogP) is 1.45. The second kappa shape index (κ2) is 5.09. The van der Waals surface area contributed by atoms with Crippen LogP contribution in [0.2, 0.25) is 0 Å². The number of hydrogen-bond donors (Lipinski definition) is 2. The van der Waals surface area contributed by atoms with Gasteiger partial charge in [0.15, 0.2) is 11.5 Å². The van der Waals surface area contributed by atoms with Crippen LogP contribution in [0.1, 0.15) is 36.0 Å². The van der Waals surface area contributed by atoms with Gasteiger partial charge >= 0.3 is 0 Å². The zero-order valence-electron chi connectivity index (χ0n) is 10.6. The molecule has 1 fully saturated rings. The van der Waals surface area contributed by atoms with E-state index in [9.17, 15) is 9.90 Å². The lowest BCUT2D eigenvalue weighted by atomic mass is 9.92. The number of aliphatic hydroxyl groups excluding tert-OH is 1. The molecule has 19 heavy (non-hydrogen) atoms. The second-order valence-electron chi connectivity index (χ2n) is 5.00. The fourth-order valence-electron chi connectivity index (χ4n) is 2.57. The van der Waals surface area contributed by atoms with E-state index in [0.29, 0.717) is 17.1 Å². The molecule has 1 aromatic rings. The van der Waals surface area contributed by atoms with Crippen molar-refractivity contribution in [3.05, 3.63) is 23.8 Å². The summed E-state index contributed by atoms with van der Waals surface area (Å²) in [5, 5.41) is 12.8. The van der Waals surface area contributed by atoms with Crippen molar-refractivity contribution in [1.29, 1.82) is 0 Å². The normalized spacial score (nSPS) is 25.1. The van der Waals surface area contributed by atoms with Gasteiger partial charge in [0.25, 0.3) is 5.91 Å². The van der Waals surface area contributed by atoms with Crippen molar-refractivity contribution in [2.45, 2.75) is 37.8 Å². The van der Waals surface area contributed by atoms with Gasteiger partial charge in [0.2, 0.25) is 6.79 Å². The maximum absolute atomic E-state index is 12.1. The first-order valence-corrected chi connectivity index (χ1v) is 6.62. The lowest BCUT2D eigenvalue weighted by Gasteiger charge is -2.28. The summed E-state index contributed by atoms with van der Waals surface area (Å²) < 4.78 is 10.5. The van der Waals surface area contributed by atoms with Crippen LogP contribution in [0.15, 0.2) is 18.2 Å². The average Bonchev–Trinajstić information content (AvgIpc) is 2.88. The van der Waals surface area contributed by atoms with E-state index in [1.54, 1.807) is 18.2 Å². The number of aliphatic hydroxyl groups is 1. The van der Waals surface area contributed by atoms with Crippen molar-refractivity contribution in [3.63, 3.8) is 0 Å². The molecule has 0 saturated heterocycles. The first-order valence-electron chi connectivity index (χ1n) is 6.62. The highest BCUT2D eigenvalue weighted by Crippen LogP contribution is 2.32. The first-order chi connectivity index (χ1) is 9.24. The molecule has 1 aliphatic carbocycles. The van der Waals surface area contributed by atoms with Crippen LogP contribution in [-0.4, -0.2) is 30.0 Å². The van der Waals surface area contributed by atoms with E-state index in [1.807, 2.05) is 0 Å². The highest BCUT2D eigenvalue weighted by Gasteiger charge is 2.25. The first kappa shape index (κ1) is 12.3. The largest absolute Gasteiger partial charge is 0.454 e. The van der Waals surface area contributed by atoms with Crippen LogP contribution in [0.3, 0.4) is 0 Å². The topological polar surface area (TPSA) is 67.8 Å². The molecule has 1 heterocycles. The Labute approximate surface area is 111 Å². The van der Waals surface area contributed by atoms with E-state index in [0.717, 1.165) is 25.7 Å². The lowest BCUT2D eigenvalue weighted by Crippen LogP contribution is -2.45. The third-order valence-electron chi connectivity index (χ3n) is 3.68. The second-order valence-corrected chi connectivity index (χ2v) is 5.00. The van der Waals surface area contributed by atoms with Crippen LogP contribution < -0.4 is 14.8 Å². The van der Waals surface area contributed by atoms with E-state index in [1.165, 1.54) is 0 Å². The van der Waals surface area contributed by atoms with Gasteiger partial charge in [-0.15, -0.1) is 0 Å². The summed E-state index contributed by atoms with van der Waals surface area (Å²) in [4.78, 5) is 12.1. The van der Waals surface area contributed by atoms with E-state index < -0.39 is 6.10 Å². The van der Waals surface area contributed by atoms with Crippen LogP contribution in [0.5, 0.6) is 11.5 Å². The Kier molecular flexibility index (Phi) is 3.29. The number of ether oxygens (including phenoxy) is 2. The molecule has 0 radical (unpaired) electrons. The number of nitrogens with one attached hydrogen (secondary N) is 1. The van der Waals surface area contributed by atoms with Crippen molar-refractivity contribution < 1.29 is 19.4 Å². The van der Waals surface area contributed by atoms with Crippen molar-refractivity contribution in [2.24, 2.45) is 0 Å². The average molecular weight is 263 g/mol. The Bertz CT molecular complexity index is 488. The molecule has 0 unspecified atom stereocenters. The number of carbonyl (C=O) groups excluding carboxylic acids is 1. The third-order valence-corrected chi connectivity index (χ3v) is 3.68. The molecule has 2 aliphatic rings. The molecule has 0 aromatic heterocycles. The van der Waals surface area contributed by atoms with Gasteiger partial charge in [-0.2, -0.15) is 0 Å². The van der Waals surface area contributed by atoms with Gasteiger partial charge in [-0.3, -0.25) is 4.79 Å². The Hall–Kier alpha value is -1.75. The van der Waals surface area contributed by atoms with Crippen molar-refractivity contribution >= 4 is 5.91 Å². The zero-order valence-corrected chi connectivity index (χ0v) is 10.6. The number of rotatable bonds is 2. The minimum Gasteiger partial charge on any atom is -0.454 e. The number of hydrogen-bond acceptors (Lipinski definition) is 4. The molecule has 0 spiro atoms. The molecule has 2 atom stereocenters. The zero-order chi connectivity index (χ0) is 13.2.